The number of thiophene rings is 1. The van der Waals surface area contributed by atoms with Crippen LogP contribution in [0.3, 0.4) is 0 Å². The lowest BCUT2D eigenvalue weighted by molar-refractivity contribution is 1.17. The van der Waals surface area contributed by atoms with Crippen molar-refractivity contribution >= 4 is 130 Å². The van der Waals surface area contributed by atoms with Crippen LogP contribution in [0.2, 0.25) is 0 Å². The molecule has 5 heteroatoms. The molecule has 5 heterocycles. The van der Waals surface area contributed by atoms with Crippen molar-refractivity contribution in [3.05, 3.63) is 219 Å². The third kappa shape index (κ3) is 5.09. The average molecular weight is 861 g/mol. The first kappa shape index (κ1) is 37.0. The predicted molar refractivity (Wildman–Crippen MR) is 285 cm³/mol. The van der Waals surface area contributed by atoms with E-state index in [1.807, 2.05) is 17.4 Å². The van der Waals surface area contributed by atoms with Crippen LogP contribution in [0.1, 0.15) is 6.92 Å². The van der Waals surface area contributed by atoms with Gasteiger partial charge in [-0.25, -0.2) is 0 Å². The maximum absolute atomic E-state index is 4.21. The van der Waals surface area contributed by atoms with E-state index in [-0.39, 0.29) is 0 Å². The van der Waals surface area contributed by atoms with Crippen molar-refractivity contribution in [2.24, 2.45) is 0 Å². The van der Waals surface area contributed by atoms with Crippen LogP contribution in [-0.4, -0.2) is 18.3 Å². The molecule has 0 saturated carbocycles. The molecule has 310 valence electrons. The molecule has 0 radical (unpaired) electrons. The molecule has 14 aromatic rings. The lowest BCUT2D eigenvalue weighted by atomic mass is 10.1. The zero-order valence-electron chi connectivity index (χ0n) is 36.1. The van der Waals surface area contributed by atoms with E-state index < -0.39 is 0 Å². The molecule has 9 aromatic carbocycles. The van der Waals surface area contributed by atoms with E-state index in [0.717, 1.165) is 22.8 Å². The Balaban J connectivity index is 0.994. The molecular formula is C61H40N4S. The fourth-order valence-electron chi connectivity index (χ4n) is 11.2. The first-order valence-electron chi connectivity index (χ1n) is 22.6. The third-order valence-corrected chi connectivity index (χ3v) is 15.1. The van der Waals surface area contributed by atoms with E-state index in [2.05, 4.69) is 238 Å². The number of para-hydroxylation sites is 6. The molecule has 0 spiro atoms. The minimum Gasteiger partial charge on any atom is -0.313 e. The molecule has 66 heavy (non-hydrogen) atoms. The molecule has 0 N–H and O–H groups in total. The summed E-state index contributed by atoms with van der Waals surface area (Å²) in [6, 6.07) is 71.1. The first-order chi connectivity index (χ1) is 32.7. The molecular weight excluding hydrogens is 821 g/mol. The Morgan fingerprint density at radius 3 is 1.48 bits per heavy atom. The highest BCUT2D eigenvalue weighted by molar-refractivity contribution is 7.27. The van der Waals surface area contributed by atoms with Gasteiger partial charge in [0, 0.05) is 86.0 Å². The zero-order chi connectivity index (χ0) is 43.6. The summed E-state index contributed by atoms with van der Waals surface area (Å²) in [5, 5.41) is 12.6. The minimum absolute atomic E-state index is 1.06. The van der Waals surface area contributed by atoms with Crippen molar-refractivity contribution in [1.29, 1.82) is 0 Å². The van der Waals surface area contributed by atoms with Crippen LogP contribution in [0.4, 0.5) is 0 Å². The van der Waals surface area contributed by atoms with E-state index in [1.165, 1.54) is 107 Å². The molecule has 14 rings (SSSR count). The summed E-state index contributed by atoms with van der Waals surface area (Å²) in [6.45, 7) is 6.43. The number of rotatable bonds is 6. The SMILES string of the molecule is C=C/C=C(\C=C(/C)n1c2ccccc2c2ccccc21)n1c2ccccc2c2c3sc4c(ccc5c4c4ccccc4n5-c4ccc5c(c4)c4ccccc4n5-c4ccccc4)c3ccc21. The van der Waals surface area contributed by atoms with Crippen molar-refractivity contribution in [3.63, 3.8) is 0 Å². The third-order valence-electron chi connectivity index (χ3n) is 13.8. The summed E-state index contributed by atoms with van der Waals surface area (Å²) in [7, 11) is 0. The summed E-state index contributed by atoms with van der Waals surface area (Å²) < 4.78 is 12.3. The van der Waals surface area contributed by atoms with Gasteiger partial charge >= 0.3 is 0 Å². The van der Waals surface area contributed by atoms with Crippen LogP contribution in [0.5, 0.6) is 0 Å². The minimum atomic E-state index is 1.06. The summed E-state index contributed by atoms with van der Waals surface area (Å²) in [6.07, 6.45) is 6.37. The zero-order valence-corrected chi connectivity index (χ0v) is 36.9. The Hall–Kier alpha value is -8.38. The number of allylic oxidation sites excluding steroid dienone is 5. The lowest BCUT2D eigenvalue weighted by Crippen LogP contribution is -1.98. The van der Waals surface area contributed by atoms with Gasteiger partial charge in [-0.15, -0.1) is 11.3 Å². The molecule has 0 bridgehead atoms. The molecule has 0 atom stereocenters. The fourth-order valence-corrected chi connectivity index (χ4v) is 12.6. The Bertz CT molecular complexity index is 4370. The van der Waals surface area contributed by atoms with Gasteiger partial charge in [-0.3, -0.25) is 0 Å². The molecule has 0 aliphatic heterocycles. The molecule has 5 aromatic heterocycles. The summed E-state index contributed by atoms with van der Waals surface area (Å²) in [5.74, 6) is 0. The van der Waals surface area contributed by atoms with Crippen molar-refractivity contribution in [3.8, 4) is 11.4 Å². The number of benzene rings is 9. The normalized spacial score (nSPS) is 12.9. The molecule has 0 fully saturated rings. The van der Waals surface area contributed by atoms with Gasteiger partial charge in [-0.1, -0.05) is 134 Å². The standard InChI is InChI=1S/C61H40N4S/c1-3-17-40(36-38(2)62-50-25-12-7-20-42(50)43-21-8-13-26-51(43)62)64-53-28-15-10-23-47(53)58-56(64)34-31-45-46-32-35-57-59(61(46)66-60(45)58)48-24-11-16-29-54(48)65(57)41-30-33-55-49(37-41)44-22-9-14-27-52(44)63(55)39-18-5-4-6-19-39/h3-37H,1H2,2H3/b38-36+,40-17+. The van der Waals surface area contributed by atoms with Gasteiger partial charge in [0.05, 0.1) is 44.1 Å². The van der Waals surface area contributed by atoms with Gasteiger partial charge in [-0.2, -0.15) is 0 Å². The summed E-state index contributed by atoms with van der Waals surface area (Å²) >= 11 is 1.93. The Labute approximate surface area is 383 Å². The largest absolute Gasteiger partial charge is 0.313 e. The predicted octanol–water partition coefficient (Wildman–Crippen LogP) is 17.1. The molecule has 0 unspecified atom stereocenters. The number of fused-ring (bicyclic) bond motifs is 17. The smallest absolute Gasteiger partial charge is 0.0555 e. The van der Waals surface area contributed by atoms with E-state index in [0.29, 0.717) is 0 Å². The van der Waals surface area contributed by atoms with Gasteiger partial charge in [0.1, 0.15) is 0 Å². The van der Waals surface area contributed by atoms with Gasteiger partial charge in [0.25, 0.3) is 0 Å². The highest BCUT2D eigenvalue weighted by Gasteiger charge is 2.23. The Kier molecular flexibility index (Phi) is 7.89. The molecule has 0 amide bonds. The molecule has 0 aliphatic carbocycles. The second kappa shape index (κ2) is 14.1. The van der Waals surface area contributed by atoms with E-state index in [9.17, 15) is 0 Å². The summed E-state index contributed by atoms with van der Waals surface area (Å²) in [5.41, 5.74) is 14.1. The van der Waals surface area contributed by atoms with Gasteiger partial charge in [0.2, 0.25) is 0 Å². The van der Waals surface area contributed by atoms with Crippen LogP contribution in [0, 0.1) is 0 Å². The lowest BCUT2D eigenvalue weighted by Gasteiger charge is -2.13. The van der Waals surface area contributed by atoms with Crippen LogP contribution in [-0.2, 0) is 0 Å². The van der Waals surface area contributed by atoms with E-state index in [4.69, 9.17) is 0 Å². The molecule has 4 nitrogen and oxygen atoms in total. The highest BCUT2D eigenvalue weighted by atomic mass is 32.1. The van der Waals surface area contributed by atoms with Crippen molar-refractivity contribution in [1.82, 2.24) is 18.3 Å². The maximum Gasteiger partial charge on any atom is 0.0555 e. The maximum atomic E-state index is 4.21. The number of nitrogens with zero attached hydrogens (tertiary/aromatic N) is 4. The monoisotopic (exact) mass is 860 g/mol. The molecule has 0 saturated heterocycles. The van der Waals surface area contributed by atoms with Gasteiger partial charge < -0.3 is 18.3 Å². The average Bonchev–Trinajstić information content (AvgIpc) is 4.16. The quantitative estimate of drug-likeness (QED) is 0.148. The van der Waals surface area contributed by atoms with Crippen LogP contribution in [0.15, 0.2) is 219 Å². The van der Waals surface area contributed by atoms with Crippen LogP contribution >= 0.6 is 11.3 Å². The number of hydrogen-bond acceptors (Lipinski definition) is 1. The van der Waals surface area contributed by atoms with Crippen LogP contribution < -0.4 is 0 Å². The van der Waals surface area contributed by atoms with Gasteiger partial charge in [-0.05, 0) is 91.9 Å². The Morgan fingerprint density at radius 2 is 0.848 bits per heavy atom. The highest BCUT2D eigenvalue weighted by Crippen LogP contribution is 2.48. The first-order valence-corrected chi connectivity index (χ1v) is 23.4. The number of aromatic nitrogens is 4. The second-order valence-electron chi connectivity index (χ2n) is 17.4. The van der Waals surface area contributed by atoms with Crippen molar-refractivity contribution in [2.45, 2.75) is 6.92 Å². The van der Waals surface area contributed by atoms with Crippen LogP contribution in [0.25, 0.3) is 130 Å². The second-order valence-corrected chi connectivity index (χ2v) is 18.4. The van der Waals surface area contributed by atoms with E-state index in [1.54, 1.807) is 0 Å². The fraction of sp³-hybridized carbons (Fsp3) is 0.0164. The van der Waals surface area contributed by atoms with Crippen molar-refractivity contribution < 1.29 is 0 Å². The summed E-state index contributed by atoms with van der Waals surface area (Å²) in [4.78, 5) is 0. The number of hydrogen-bond donors (Lipinski definition) is 0. The Morgan fingerprint density at radius 1 is 0.394 bits per heavy atom. The van der Waals surface area contributed by atoms with Gasteiger partial charge in [0.15, 0.2) is 0 Å². The van der Waals surface area contributed by atoms with Crippen molar-refractivity contribution in [2.75, 3.05) is 0 Å². The topological polar surface area (TPSA) is 19.7 Å². The van der Waals surface area contributed by atoms with E-state index >= 15 is 0 Å². The molecule has 0 aliphatic rings.